The van der Waals surface area contributed by atoms with E-state index in [1.807, 2.05) is 0 Å². The van der Waals surface area contributed by atoms with Crippen LogP contribution in [0.5, 0.6) is 11.5 Å². The van der Waals surface area contributed by atoms with Gasteiger partial charge in [-0.25, -0.2) is 4.21 Å². The van der Waals surface area contributed by atoms with E-state index < -0.39 is 11.1 Å². The largest absolute Gasteiger partial charge is 0.505 e. The summed E-state index contributed by atoms with van der Waals surface area (Å²) < 4.78 is 25.4. The summed E-state index contributed by atoms with van der Waals surface area (Å²) in [4.78, 5) is 0.165. The van der Waals surface area contributed by atoms with E-state index in [2.05, 4.69) is 0 Å². The fourth-order valence-electron chi connectivity index (χ4n) is 1.65. The van der Waals surface area contributed by atoms with Crippen molar-refractivity contribution in [2.24, 2.45) is 0 Å². The lowest BCUT2D eigenvalue weighted by atomic mass is 10.1. The number of nitrogens with two attached hydrogens (primary N) is 1. The van der Waals surface area contributed by atoms with E-state index in [1.54, 1.807) is 18.2 Å². The van der Waals surface area contributed by atoms with Crippen LogP contribution in [-0.4, -0.2) is 21.0 Å². The summed E-state index contributed by atoms with van der Waals surface area (Å²) in [6, 6.07) is 6.11. The van der Waals surface area contributed by atoms with Gasteiger partial charge in [-0.05, 0) is 24.3 Å². The second-order valence-electron chi connectivity index (χ2n) is 3.47. The van der Waals surface area contributed by atoms with Gasteiger partial charge >= 0.3 is 0 Å². The predicted octanol–water partition coefficient (Wildman–Crippen LogP) is 1.72. The molecule has 0 aromatic heterocycles. The second kappa shape index (κ2) is 4.23. The number of rotatable bonds is 2. The van der Waals surface area contributed by atoms with Crippen molar-refractivity contribution in [2.75, 3.05) is 12.8 Å². The average molecular weight is 253 g/mol. The molecule has 0 saturated heterocycles. The average Bonchev–Trinajstić information content (AvgIpc) is 2.32. The fourth-order valence-corrected chi connectivity index (χ4v) is 2.24. The first-order chi connectivity index (χ1) is 8.04. The highest BCUT2D eigenvalue weighted by Gasteiger charge is 2.13. The molecular weight excluding hydrogens is 242 g/mol. The number of hydrogen-bond acceptors (Lipinski definition) is 4. The topological polar surface area (TPSA) is 92.8 Å². The molecule has 0 radical (unpaired) electrons. The summed E-state index contributed by atoms with van der Waals surface area (Å²) in [6.07, 6.45) is 0. The van der Waals surface area contributed by atoms with E-state index in [9.17, 15) is 9.32 Å². The molecule has 0 fully saturated rings. The van der Waals surface area contributed by atoms with Crippen LogP contribution in [0.2, 0.25) is 0 Å². The van der Waals surface area contributed by atoms with Gasteiger partial charge in [0.2, 0.25) is 0 Å². The molecule has 0 amide bonds. The number of hydrogen-bond donors (Lipinski definition) is 3. The van der Waals surface area contributed by atoms with Crippen LogP contribution in [0.15, 0.2) is 29.2 Å². The lowest BCUT2D eigenvalue weighted by molar-refractivity contribution is 0.415. The molecule has 5 nitrogen and oxygen atoms in total. The molecule has 17 heavy (non-hydrogen) atoms. The van der Waals surface area contributed by atoms with Crippen molar-refractivity contribution < 1.29 is 18.6 Å². The van der Waals surface area contributed by atoms with Crippen LogP contribution in [0, 0.1) is 0 Å². The minimum Gasteiger partial charge on any atom is -0.505 e. The Morgan fingerprint density at radius 2 is 2.00 bits per heavy atom. The zero-order valence-corrected chi connectivity index (χ0v) is 9.82. The SMILES string of the molecule is COc1ccc2c(S(=O)O)cc(N)c(O)c2c1. The van der Waals surface area contributed by atoms with E-state index >= 15 is 0 Å². The van der Waals surface area contributed by atoms with Gasteiger partial charge in [-0.3, -0.25) is 0 Å². The molecule has 6 heteroatoms. The quantitative estimate of drug-likeness (QED) is 0.430. The first kappa shape index (κ1) is 11.7. The molecule has 90 valence electrons. The number of nitrogen functional groups attached to an aromatic ring is 1. The number of methoxy groups -OCH3 is 1. The minimum absolute atomic E-state index is 0.0585. The summed E-state index contributed by atoms with van der Waals surface area (Å²) in [6.45, 7) is 0. The van der Waals surface area contributed by atoms with Crippen LogP contribution >= 0.6 is 0 Å². The first-order valence-corrected chi connectivity index (χ1v) is 5.85. The molecule has 0 aliphatic carbocycles. The Bertz CT molecular complexity index is 612. The van der Waals surface area contributed by atoms with Crippen LogP contribution in [0.3, 0.4) is 0 Å². The van der Waals surface area contributed by atoms with Crippen LogP contribution in [-0.2, 0) is 11.1 Å². The maximum atomic E-state index is 11.2. The van der Waals surface area contributed by atoms with Crippen molar-refractivity contribution >= 4 is 27.5 Å². The predicted molar refractivity (Wildman–Crippen MR) is 65.6 cm³/mol. The van der Waals surface area contributed by atoms with Gasteiger partial charge in [0.1, 0.15) is 11.5 Å². The minimum atomic E-state index is -2.16. The van der Waals surface area contributed by atoms with E-state index in [0.717, 1.165) is 0 Å². The highest BCUT2D eigenvalue weighted by molar-refractivity contribution is 7.79. The van der Waals surface area contributed by atoms with E-state index in [1.165, 1.54) is 13.2 Å². The zero-order valence-electron chi connectivity index (χ0n) is 9.01. The Kier molecular flexibility index (Phi) is 2.91. The van der Waals surface area contributed by atoms with Crippen LogP contribution < -0.4 is 10.5 Å². The molecular formula is C11H11NO4S. The number of ether oxygens (including phenoxy) is 1. The summed E-state index contributed by atoms with van der Waals surface area (Å²) in [7, 11) is 1.50. The zero-order chi connectivity index (χ0) is 12.6. The molecule has 0 bridgehead atoms. The third-order valence-corrected chi connectivity index (χ3v) is 3.21. The lowest BCUT2D eigenvalue weighted by Crippen LogP contribution is -1.95. The molecule has 0 spiro atoms. The van der Waals surface area contributed by atoms with Crippen molar-refractivity contribution in [1.82, 2.24) is 0 Å². The van der Waals surface area contributed by atoms with Crippen LogP contribution in [0.25, 0.3) is 10.8 Å². The first-order valence-electron chi connectivity index (χ1n) is 4.74. The number of fused-ring (bicyclic) bond motifs is 1. The monoisotopic (exact) mass is 253 g/mol. The standard InChI is InChI=1S/C11H11NO4S/c1-16-6-2-3-7-8(4-6)11(13)9(12)5-10(7)17(14)15/h2-5,13H,12H2,1H3,(H,14,15). The smallest absolute Gasteiger partial charge is 0.187 e. The Labute approximate surface area is 100 Å². The van der Waals surface area contributed by atoms with E-state index in [4.69, 9.17) is 15.0 Å². The Balaban J connectivity index is 2.88. The van der Waals surface area contributed by atoms with Gasteiger partial charge in [-0.15, -0.1) is 0 Å². The maximum Gasteiger partial charge on any atom is 0.187 e. The van der Waals surface area contributed by atoms with Crippen molar-refractivity contribution in [2.45, 2.75) is 4.90 Å². The van der Waals surface area contributed by atoms with Crippen molar-refractivity contribution in [3.63, 3.8) is 0 Å². The lowest BCUT2D eigenvalue weighted by Gasteiger charge is -2.09. The van der Waals surface area contributed by atoms with Crippen LogP contribution in [0.1, 0.15) is 0 Å². The molecule has 1 atom stereocenters. The number of phenolic OH excluding ortho intramolecular Hbond substituents is 1. The highest BCUT2D eigenvalue weighted by Crippen LogP contribution is 2.36. The Hall–Kier alpha value is -1.79. The molecule has 0 heterocycles. The van der Waals surface area contributed by atoms with Crippen LogP contribution in [0.4, 0.5) is 5.69 Å². The molecule has 2 aromatic carbocycles. The van der Waals surface area contributed by atoms with Gasteiger partial charge in [-0.1, -0.05) is 0 Å². The van der Waals surface area contributed by atoms with Crippen molar-refractivity contribution in [3.05, 3.63) is 24.3 Å². The number of phenols is 1. The van der Waals surface area contributed by atoms with Gasteiger partial charge in [-0.2, -0.15) is 0 Å². The molecule has 0 aliphatic rings. The van der Waals surface area contributed by atoms with Gasteiger partial charge in [0.05, 0.1) is 17.7 Å². The molecule has 4 N–H and O–H groups in total. The molecule has 2 rings (SSSR count). The van der Waals surface area contributed by atoms with E-state index in [0.29, 0.717) is 16.5 Å². The second-order valence-corrected chi connectivity index (χ2v) is 4.41. The summed E-state index contributed by atoms with van der Waals surface area (Å²) in [5.41, 5.74) is 5.64. The van der Waals surface area contributed by atoms with Gasteiger partial charge in [0, 0.05) is 10.8 Å². The molecule has 0 aliphatic heterocycles. The fraction of sp³-hybridized carbons (Fsp3) is 0.0909. The number of aromatic hydroxyl groups is 1. The summed E-state index contributed by atoms with van der Waals surface area (Å²) >= 11 is -2.16. The maximum absolute atomic E-state index is 11.2. The third kappa shape index (κ3) is 1.92. The third-order valence-electron chi connectivity index (χ3n) is 2.50. The Morgan fingerprint density at radius 1 is 1.29 bits per heavy atom. The van der Waals surface area contributed by atoms with Crippen molar-refractivity contribution in [1.29, 1.82) is 0 Å². The number of benzene rings is 2. The highest BCUT2D eigenvalue weighted by atomic mass is 32.2. The van der Waals surface area contributed by atoms with Gasteiger partial charge in [0.25, 0.3) is 0 Å². The van der Waals surface area contributed by atoms with Gasteiger partial charge < -0.3 is 20.1 Å². The van der Waals surface area contributed by atoms with Crippen molar-refractivity contribution in [3.8, 4) is 11.5 Å². The summed E-state index contributed by atoms with van der Waals surface area (Å²) in [5, 5.41) is 10.7. The normalized spacial score (nSPS) is 12.6. The van der Waals surface area contributed by atoms with E-state index in [-0.39, 0.29) is 16.3 Å². The molecule has 2 aromatic rings. The summed E-state index contributed by atoms with van der Waals surface area (Å²) in [5.74, 6) is 0.418. The van der Waals surface area contributed by atoms with Gasteiger partial charge in [0.15, 0.2) is 11.1 Å². The molecule has 0 saturated carbocycles. The molecule has 1 unspecified atom stereocenters. The number of anilines is 1. The Morgan fingerprint density at radius 3 is 2.59 bits per heavy atom.